The molecule has 0 spiro atoms. The second-order valence-electron chi connectivity index (χ2n) is 8.90. The SMILES string of the molecule is CCCCCCCOc1ccc(-c2ccc(OC(=O)OCCC(CCCC)C(F)(F)F)c(F)c2F)cc1. The van der Waals surface area contributed by atoms with E-state index in [-0.39, 0.29) is 12.0 Å². The molecule has 0 aromatic heterocycles. The van der Waals surface area contributed by atoms with Crippen molar-refractivity contribution in [2.75, 3.05) is 13.2 Å². The predicted molar refractivity (Wildman–Crippen MR) is 132 cm³/mol. The van der Waals surface area contributed by atoms with Crippen LogP contribution in [0.4, 0.5) is 26.7 Å². The van der Waals surface area contributed by atoms with E-state index >= 15 is 0 Å². The zero-order chi connectivity index (χ0) is 27.3. The van der Waals surface area contributed by atoms with E-state index in [0.29, 0.717) is 30.8 Å². The molecule has 0 saturated heterocycles. The maximum absolute atomic E-state index is 14.7. The topological polar surface area (TPSA) is 44.8 Å². The molecule has 0 N–H and O–H groups in total. The molecule has 2 aromatic rings. The second kappa shape index (κ2) is 15.4. The number of benzene rings is 2. The van der Waals surface area contributed by atoms with Crippen LogP contribution in [0.2, 0.25) is 0 Å². The molecular weight excluding hydrogens is 495 g/mol. The first-order valence-electron chi connectivity index (χ1n) is 12.8. The van der Waals surface area contributed by atoms with E-state index in [9.17, 15) is 26.7 Å². The van der Waals surface area contributed by atoms with Gasteiger partial charge in [-0.1, -0.05) is 64.5 Å². The molecule has 2 aromatic carbocycles. The molecule has 0 bridgehead atoms. The predicted octanol–water partition coefficient (Wildman–Crippen LogP) is 9.26. The molecule has 1 unspecified atom stereocenters. The Bertz CT molecular complexity index is 960. The van der Waals surface area contributed by atoms with Crippen LogP contribution in [0.3, 0.4) is 0 Å². The van der Waals surface area contributed by atoms with Crippen LogP contribution < -0.4 is 9.47 Å². The van der Waals surface area contributed by atoms with Gasteiger partial charge in [0.25, 0.3) is 0 Å². The van der Waals surface area contributed by atoms with Gasteiger partial charge in [-0.15, -0.1) is 0 Å². The highest BCUT2D eigenvalue weighted by atomic mass is 19.4. The first-order chi connectivity index (χ1) is 17.7. The number of hydrogen-bond acceptors (Lipinski definition) is 4. The summed E-state index contributed by atoms with van der Waals surface area (Å²) < 4.78 is 83.4. The Morgan fingerprint density at radius 3 is 2.14 bits per heavy atom. The summed E-state index contributed by atoms with van der Waals surface area (Å²) >= 11 is 0. The summed E-state index contributed by atoms with van der Waals surface area (Å²) in [5.74, 6) is -4.35. The fourth-order valence-electron chi connectivity index (χ4n) is 3.79. The van der Waals surface area contributed by atoms with Crippen molar-refractivity contribution in [2.24, 2.45) is 5.92 Å². The van der Waals surface area contributed by atoms with Gasteiger partial charge in [-0.25, -0.2) is 9.18 Å². The Kier molecular flexibility index (Phi) is 12.7. The highest BCUT2D eigenvalue weighted by Gasteiger charge is 2.38. The monoisotopic (exact) mass is 530 g/mol. The number of unbranched alkanes of at least 4 members (excludes halogenated alkanes) is 5. The Morgan fingerprint density at radius 1 is 0.811 bits per heavy atom. The maximum atomic E-state index is 14.7. The molecule has 0 fully saturated rings. The lowest BCUT2D eigenvalue weighted by atomic mass is 9.98. The lowest BCUT2D eigenvalue weighted by Crippen LogP contribution is -2.25. The lowest BCUT2D eigenvalue weighted by Gasteiger charge is -2.19. The number of carbonyl (C=O) groups is 1. The van der Waals surface area contributed by atoms with E-state index in [2.05, 4.69) is 16.4 Å². The largest absolute Gasteiger partial charge is 0.513 e. The minimum atomic E-state index is -4.41. The first-order valence-corrected chi connectivity index (χ1v) is 12.8. The Labute approximate surface area is 215 Å². The van der Waals surface area contributed by atoms with E-state index in [0.717, 1.165) is 18.9 Å². The Hall–Kier alpha value is -2.84. The number of alkyl halides is 3. The number of ether oxygens (including phenoxy) is 3. The number of halogens is 5. The van der Waals surface area contributed by atoms with Crippen molar-refractivity contribution in [2.45, 2.75) is 77.8 Å². The number of hydrogen-bond donors (Lipinski definition) is 0. The van der Waals surface area contributed by atoms with Crippen LogP contribution in [-0.2, 0) is 4.74 Å². The molecule has 1 atom stereocenters. The van der Waals surface area contributed by atoms with Crippen molar-refractivity contribution < 1.29 is 41.0 Å². The van der Waals surface area contributed by atoms with Gasteiger partial charge in [0.05, 0.1) is 19.1 Å². The third-order valence-corrected chi connectivity index (χ3v) is 5.98. The fourth-order valence-corrected chi connectivity index (χ4v) is 3.79. The highest BCUT2D eigenvalue weighted by molar-refractivity contribution is 5.68. The van der Waals surface area contributed by atoms with E-state index in [1.54, 1.807) is 31.2 Å². The molecular formula is C28H35F5O4. The summed E-state index contributed by atoms with van der Waals surface area (Å²) in [6, 6.07) is 8.82. The van der Waals surface area contributed by atoms with Crippen molar-refractivity contribution in [1.82, 2.24) is 0 Å². The second-order valence-corrected chi connectivity index (χ2v) is 8.90. The minimum Gasteiger partial charge on any atom is -0.494 e. The zero-order valence-corrected chi connectivity index (χ0v) is 21.3. The van der Waals surface area contributed by atoms with Crippen LogP contribution in [0.15, 0.2) is 36.4 Å². The zero-order valence-electron chi connectivity index (χ0n) is 21.3. The van der Waals surface area contributed by atoms with Crippen molar-refractivity contribution in [1.29, 1.82) is 0 Å². The van der Waals surface area contributed by atoms with Crippen LogP contribution in [0.5, 0.6) is 11.5 Å². The van der Waals surface area contributed by atoms with Gasteiger partial charge in [0.1, 0.15) is 5.75 Å². The maximum Gasteiger partial charge on any atom is 0.513 e. The van der Waals surface area contributed by atoms with E-state index in [1.165, 1.54) is 25.3 Å². The summed E-state index contributed by atoms with van der Waals surface area (Å²) in [6.45, 7) is 3.95. The minimum absolute atomic E-state index is 0.0479. The molecule has 0 saturated carbocycles. The molecule has 0 amide bonds. The Morgan fingerprint density at radius 2 is 1.49 bits per heavy atom. The van der Waals surface area contributed by atoms with Gasteiger partial charge >= 0.3 is 12.3 Å². The summed E-state index contributed by atoms with van der Waals surface area (Å²) in [6.07, 6.45) is 0.222. The van der Waals surface area contributed by atoms with Crippen LogP contribution in [0.25, 0.3) is 11.1 Å². The molecule has 9 heteroatoms. The molecule has 4 nitrogen and oxygen atoms in total. The standard InChI is InChI=1S/C28H35F5O4/c1-3-5-7-8-9-18-35-22-13-11-20(12-14-22)23-15-16-24(26(30)25(23)29)37-27(34)36-19-17-21(10-6-4-2)28(31,32)33/h11-16,21H,3-10,17-19H2,1-2H3. The van der Waals surface area contributed by atoms with Crippen LogP contribution in [-0.4, -0.2) is 25.5 Å². The van der Waals surface area contributed by atoms with Crippen LogP contribution in [0.1, 0.15) is 71.6 Å². The molecule has 206 valence electrons. The van der Waals surface area contributed by atoms with Gasteiger partial charge < -0.3 is 14.2 Å². The summed E-state index contributed by atoms with van der Waals surface area (Å²) in [7, 11) is 0. The molecule has 0 aliphatic carbocycles. The van der Waals surface area contributed by atoms with Crippen molar-refractivity contribution in [3.8, 4) is 22.6 Å². The third-order valence-electron chi connectivity index (χ3n) is 5.98. The van der Waals surface area contributed by atoms with Gasteiger partial charge in [-0.3, -0.25) is 0 Å². The number of rotatable bonds is 15. The van der Waals surface area contributed by atoms with Crippen LogP contribution >= 0.6 is 0 Å². The molecule has 0 aliphatic rings. The first kappa shape index (κ1) is 30.4. The summed E-state index contributed by atoms with van der Waals surface area (Å²) in [5.41, 5.74) is 0.347. The lowest BCUT2D eigenvalue weighted by molar-refractivity contribution is -0.180. The highest BCUT2D eigenvalue weighted by Crippen LogP contribution is 2.33. The van der Waals surface area contributed by atoms with E-state index < -0.39 is 48.7 Å². The average Bonchev–Trinajstić information content (AvgIpc) is 2.86. The average molecular weight is 531 g/mol. The smallest absolute Gasteiger partial charge is 0.494 e. The molecule has 0 radical (unpaired) electrons. The molecule has 37 heavy (non-hydrogen) atoms. The molecule has 0 aliphatic heterocycles. The quantitative estimate of drug-likeness (QED) is 0.0996. The van der Waals surface area contributed by atoms with E-state index in [1.807, 2.05) is 0 Å². The van der Waals surface area contributed by atoms with Crippen molar-refractivity contribution >= 4 is 6.16 Å². The van der Waals surface area contributed by atoms with Crippen molar-refractivity contribution in [3.63, 3.8) is 0 Å². The number of carbonyl (C=O) groups excluding carboxylic acids is 1. The van der Waals surface area contributed by atoms with Gasteiger partial charge in [0.2, 0.25) is 5.82 Å². The summed E-state index contributed by atoms with van der Waals surface area (Å²) in [4.78, 5) is 11.8. The Balaban J connectivity index is 1.91. The van der Waals surface area contributed by atoms with Gasteiger partial charge in [-0.2, -0.15) is 17.6 Å². The van der Waals surface area contributed by atoms with Gasteiger partial charge in [0.15, 0.2) is 11.6 Å². The molecule has 0 heterocycles. The van der Waals surface area contributed by atoms with Gasteiger partial charge in [-0.05, 0) is 49.1 Å². The molecule has 2 rings (SSSR count). The summed E-state index contributed by atoms with van der Waals surface area (Å²) in [5, 5.41) is 0. The third kappa shape index (κ3) is 10.2. The van der Waals surface area contributed by atoms with Gasteiger partial charge in [0, 0.05) is 5.56 Å². The normalized spacial score (nSPS) is 12.3. The fraction of sp³-hybridized carbons (Fsp3) is 0.536. The van der Waals surface area contributed by atoms with E-state index in [4.69, 9.17) is 4.74 Å². The van der Waals surface area contributed by atoms with Crippen LogP contribution in [0, 0.1) is 17.6 Å². The van der Waals surface area contributed by atoms with Crippen molar-refractivity contribution in [3.05, 3.63) is 48.0 Å².